The van der Waals surface area contributed by atoms with Gasteiger partial charge in [-0.25, -0.2) is 4.68 Å². The van der Waals surface area contributed by atoms with Gasteiger partial charge in [-0.05, 0) is 27.7 Å². The van der Waals surface area contributed by atoms with Crippen LogP contribution in [0, 0.1) is 13.8 Å². The molecule has 2 aromatic heterocycles. The van der Waals surface area contributed by atoms with Crippen LogP contribution < -0.4 is 5.32 Å². The second-order valence-corrected chi connectivity index (χ2v) is 5.22. The maximum absolute atomic E-state index is 11.9. The van der Waals surface area contributed by atoms with Crippen LogP contribution in [0.15, 0.2) is 6.20 Å². The first kappa shape index (κ1) is 14.2. The zero-order valence-corrected chi connectivity index (χ0v) is 11.9. The van der Waals surface area contributed by atoms with E-state index in [1.165, 1.54) is 4.68 Å². The molecule has 0 aromatic carbocycles. The Hall–Kier alpha value is -2.22. The molecule has 8 nitrogen and oxygen atoms in total. The Morgan fingerprint density at radius 3 is 2.70 bits per heavy atom. The summed E-state index contributed by atoms with van der Waals surface area (Å²) in [4.78, 5) is 11.9. The van der Waals surface area contributed by atoms with Crippen molar-refractivity contribution in [1.82, 2.24) is 25.2 Å². The zero-order chi connectivity index (χ0) is 14.9. The number of hydrogen-bond donors (Lipinski definition) is 3. The van der Waals surface area contributed by atoms with Crippen molar-refractivity contribution in [3.05, 3.63) is 23.3 Å². The summed E-state index contributed by atoms with van der Waals surface area (Å²) in [5, 5.41) is 27.0. The van der Waals surface area contributed by atoms with Gasteiger partial charge >= 0.3 is 0 Å². The molecule has 8 heteroatoms. The Bertz CT molecular complexity index is 603. The third-order valence-corrected chi connectivity index (χ3v) is 2.86. The van der Waals surface area contributed by atoms with Crippen LogP contribution in [0.5, 0.6) is 0 Å². The number of hydrogen-bond acceptors (Lipinski definition) is 5. The van der Waals surface area contributed by atoms with Crippen LogP contribution in [0.25, 0.3) is 0 Å². The Balaban J connectivity index is 2.04. The van der Waals surface area contributed by atoms with Crippen molar-refractivity contribution in [1.29, 1.82) is 0 Å². The summed E-state index contributed by atoms with van der Waals surface area (Å²) in [6, 6.07) is 0. The highest BCUT2D eigenvalue weighted by Crippen LogP contribution is 2.17. The number of aromatic amines is 1. The summed E-state index contributed by atoms with van der Waals surface area (Å²) < 4.78 is 1.38. The number of aromatic nitrogens is 5. The molecule has 0 fully saturated rings. The fourth-order valence-electron chi connectivity index (χ4n) is 1.72. The van der Waals surface area contributed by atoms with Crippen molar-refractivity contribution < 1.29 is 9.90 Å². The maximum Gasteiger partial charge on any atom is 0.246 e. The average molecular weight is 278 g/mol. The van der Waals surface area contributed by atoms with Crippen LogP contribution >= 0.6 is 0 Å². The number of nitrogens with one attached hydrogen (secondary N) is 2. The van der Waals surface area contributed by atoms with E-state index in [1.54, 1.807) is 27.0 Å². The van der Waals surface area contributed by atoms with Crippen LogP contribution in [0.2, 0.25) is 0 Å². The largest absolute Gasteiger partial charge is 0.384 e. The van der Waals surface area contributed by atoms with Crippen LogP contribution in [-0.4, -0.2) is 36.2 Å². The minimum absolute atomic E-state index is 0.0210. The smallest absolute Gasteiger partial charge is 0.246 e. The summed E-state index contributed by atoms with van der Waals surface area (Å²) in [7, 11) is 0. The maximum atomic E-state index is 11.9. The predicted octanol–water partition coefficient (Wildman–Crippen LogP) is 0.484. The first-order valence-corrected chi connectivity index (χ1v) is 6.22. The molecule has 0 radical (unpaired) electrons. The van der Waals surface area contributed by atoms with Crippen LogP contribution in [0.4, 0.5) is 5.69 Å². The minimum Gasteiger partial charge on any atom is -0.384 e. The molecular weight excluding hydrogens is 260 g/mol. The summed E-state index contributed by atoms with van der Waals surface area (Å²) in [5.41, 5.74) is 1.55. The van der Waals surface area contributed by atoms with E-state index in [0.29, 0.717) is 11.4 Å². The topological polar surface area (TPSA) is 109 Å². The first-order chi connectivity index (χ1) is 9.27. The fourth-order valence-corrected chi connectivity index (χ4v) is 1.72. The van der Waals surface area contributed by atoms with Crippen molar-refractivity contribution in [3.8, 4) is 0 Å². The number of nitrogens with zero attached hydrogens (tertiary/aromatic N) is 4. The Morgan fingerprint density at radius 2 is 2.20 bits per heavy atom. The van der Waals surface area contributed by atoms with E-state index in [2.05, 4.69) is 25.8 Å². The number of aryl methyl sites for hydroxylation is 2. The first-order valence-electron chi connectivity index (χ1n) is 6.22. The summed E-state index contributed by atoms with van der Waals surface area (Å²) >= 11 is 0. The van der Waals surface area contributed by atoms with E-state index in [9.17, 15) is 9.90 Å². The Labute approximate surface area is 116 Å². The molecule has 2 heterocycles. The van der Waals surface area contributed by atoms with Gasteiger partial charge in [0.25, 0.3) is 0 Å². The van der Waals surface area contributed by atoms with Gasteiger partial charge in [-0.15, -0.1) is 5.10 Å². The van der Waals surface area contributed by atoms with Crippen molar-refractivity contribution in [2.45, 2.75) is 39.8 Å². The highest BCUT2D eigenvalue weighted by molar-refractivity contribution is 5.91. The van der Waals surface area contributed by atoms with Gasteiger partial charge in [0.15, 0.2) is 0 Å². The van der Waals surface area contributed by atoms with Crippen molar-refractivity contribution in [2.24, 2.45) is 0 Å². The van der Waals surface area contributed by atoms with Gasteiger partial charge in [-0.2, -0.15) is 5.10 Å². The lowest BCUT2D eigenvalue weighted by Gasteiger charge is -2.11. The SMILES string of the molecule is Cc1n[nH]c(C)c1NC(=O)Cn1cc(C(C)(C)O)nn1. The van der Waals surface area contributed by atoms with Crippen LogP contribution in [0.1, 0.15) is 30.9 Å². The highest BCUT2D eigenvalue weighted by Gasteiger charge is 2.20. The molecule has 0 aliphatic rings. The van der Waals surface area contributed by atoms with E-state index in [1.807, 2.05) is 6.92 Å². The summed E-state index contributed by atoms with van der Waals surface area (Å²) in [6.45, 7) is 6.88. The quantitative estimate of drug-likeness (QED) is 0.754. The number of carbonyl (C=O) groups is 1. The van der Waals surface area contributed by atoms with Gasteiger partial charge in [0.05, 0.1) is 23.3 Å². The molecule has 0 unspecified atom stereocenters. The van der Waals surface area contributed by atoms with Gasteiger partial charge in [0, 0.05) is 0 Å². The molecule has 1 amide bonds. The molecule has 0 saturated heterocycles. The molecular formula is C12H18N6O2. The average Bonchev–Trinajstić information content (AvgIpc) is 2.90. The zero-order valence-electron chi connectivity index (χ0n) is 11.9. The van der Waals surface area contributed by atoms with E-state index in [0.717, 1.165) is 11.4 Å². The van der Waals surface area contributed by atoms with Gasteiger partial charge in [-0.1, -0.05) is 5.21 Å². The molecule has 0 atom stereocenters. The van der Waals surface area contributed by atoms with Gasteiger partial charge < -0.3 is 10.4 Å². The van der Waals surface area contributed by atoms with Crippen LogP contribution in [0.3, 0.4) is 0 Å². The molecule has 2 rings (SSSR count). The molecule has 0 bridgehead atoms. The van der Waals surface area contributed by atoms with Crippen molar-refractivity contribution in [3.63, 3.8) is 0 Å². The predicted molar refractivity (Wildman–Crippen MR) is 72.0 cm³/mol. The highest BCUT2D eigenvalue weighted by atomic mass is 16.3. The minimum atomic E-state index is -1.08. The van der Waals surface area contributed by atoms with E-state index in [-0.39, 0.29) is 12.5 Å². The Morgan fingerprint density at radius 1 is 1.50 bits per heavy atom. The standard InChI is InChI=1S/C12H18N6O2/c1-7-11(8(2)15-14-7)13-10(19)6-18-5-9(16-17-18)12(3,4)20/h5,20H,6H2,1-4H3,(H,13,19)(H,14,15). The normalized spacial score (nSPS) is 11.7. The molecule has 20 heavy (non-hydrogen) atoms. The lowest BCUT2D eigenvalue weighted by atomic mass is 10.1. The van der Waals surface area contributed by atoms with Gasteiger partial charge in [0.2, 0.25) is 5.91 Å². The number of aliphatic hydroxyl groups is 1. The molecule has 3 N–H and O–H groups in total. The number of amides is 1. The van der Waals surface area contributed by atoms with E-state index in [4.69, 9.17) is 0 Å². The van der Waals surface area contributed by atoms with Gasteiger partial charge in [-0.3, -0.25) is 9.89 Å². The molecule has 0 aliphatic heterocycles. The van der Waals surface area contributed by atoms with Crippen molar-refractivity contribution >= 4 is 11.6 Å². The number of anilines is 1. The molecule has 0 spiro atoms. The number of rotatable bonds is 4. The third-order valence-electron chi connectivity index (χ3n) is 2.86. The number of carbonyl (C=O) groups excluding carboxylic acids is 1. The van der Waals surface area contributed by atoms with E-state index < -0.39 is 5.60 Å². The lowest BCUT2D eigenvalue weighted by Crippen LogP contribution is -2.20. The molecule has 0 saturated carbocycles. The monoisotopic (exact) mass is 278 g/mol. The lowest BCUT2D eigenvalue weighted by molar-refractivity contribution is -0.116. The van der Waals surface area contributed by atoms with E-state index >= 15 is 0 Å². The third kappa shape index (κ3) is 3.02. The van der Waals surface area contributed by atoms with Crippen molar-refractivity contribution in [2.75, 3.05) is 5.32 Å². The Kier molecular flexibility index (Phi) is 3.58. The molecule has 2 aromatic rings. The summed E-state index contributed by atoms with van der Waals surface area (Å²) in [6.07, 6.45) is 1.55. The van der Waals surface area contributed by atoms with Gasteiger partial charge in [0.1, 0.15) is 17.8 Å². The fraction of sp³-hybridized carbons (Fsp3) is 0.500. The van der Waals surface area contributed by atoms with Crippen LogP contribution in [-0.2, 0) is 16.9 Å². The molecule has 0 aliphatic carbocycles. The number of H-pyrrole nitrogens is 1. The summed E-state index contributed by atoms with van der Waals surface area (Å²) in [5.74, 6) is -0.232. The second kappa shape index (κ2) is 5.04. The second-order valence-electron chi connectivity index (χ2n) is 5.22. The molecule has 108 valence electrons.